The van der Waals surface area contributed by atoms with Crippen molar-refractivity contribution in [3.8, 4) is 0 Å². The van der Waals surface area contributed by atoms with Gasteiger partial charge in [0.2, 0.25) is 5.91 Å². The Bertz CT molecular complexity index is 465. The molecule has 3 rings (SSSR count). The normalized spacial score (nSPS) is 29.4. The van der Waals surface area contributed by atoms with Gasteiger partial charge in [0, 0.05) is 5.92 Å². The van der Waals surface area contributed by atoms with Crippen LogP contribution in [0.25, 0.3) is 0 Å². The largest absolute Gasteiger partial charge is 0.475 e. The maximum Gasteiger partial charge on any atom is 0.475 e. The summed E-state index contributed by atoms with van der Waals surface area (Å²) in [5.41, 5.74) is 1.03. The van der Waals surface area contributed by atoms with Gasteiger partial charge in [-0.25, -0.2) is 0 Å². The Hall–Kier alpha value is -0.845. The average Bonchev–Trinajstić information content (AvgIpc) is 3.14. The first-order valence-corrected chi connectivity index (χ1v) is 8.25. The van der Waals surface area contributed by atoms with Gasteiger partial charge < -0.3 is 15.4 Å². The summed E-state index contributed by atoms with van der Waals surface area (Å²) in [5.74, 6) is 0.696. The zero-order valence-corrected chi connectivity index (χ0v) is 12.2. The SMILES string of the molecule is O=C(N[C@@H](Cc1ccsc1)B(O)O)[C@@H]1C[C@H]2CC[C@@H]1C2. The van der Waals surface area contributed by atoms with E-state index >= 15 is 0 Å². The number of carbonyl (C=O) groups excluding carboxylic acids is 1. The van der Waals surface area contributed by atoms with E-state index in [1.807, 2.05) is 16.8 Å². The van der Waals surface area contributed by atoms with Crippen molar-refractivity contribution in [2.24, 2.45) is 17.8 Å². The lowest BCUT2D eigenvalue weighted by Gasteiger charge is -2.24. The Morgan fingerprint density at radius 3 is 2.85 bits per heavy atom. The maximum atomic E-state index is 12.3. The number of amides is 1. The summed E-state index contributed by atoms with van der Waals surface area (Å²) in [6.07, 6.45) is 5.03. The molecule has 1 heterocycles. The van der Waals surface area contributed by atoms with Crippen LogP contribution >= 0.6 is 11.3 Å². The van der Waals surface area contributed by atoms with Crippen LogP contribution in [0.2, 0.25) is 0 Å². The zero-order valence-electron chi connectivity index (χ0n) is 11.4. The molecule has 4 nitrogen and oxygen atoms in total. The Kier molecular flexibility index (Phi) is 4.14. The average molecular weight is 293 g/mol. The van der Waals surface area contributed by atoms with Crippen LogP contribution in [0.1, 0.15) is 31.2 Å². The summed E-state index contributed by atoms with van der Waals surface area (Å²) >= 11 is 1.57. The highest BCUT2D eigenvalue weighted by molar-refractivity contribution is 7.07. The molecule has 6 heteroatoms. The van der Waals surface area contributed by atoms with Gasteiger partial charge in [0.05, 0.1) is 5.94 Å². The highest BCUT2D eigenvalue weighted by atomic mass is 32.1. The monoisotopic (exact) mass is 293 g/mol. The van der Waals surface area contributed by atoms with Crippen LogP contribution in [0, 0.1) is 17.8 Å². The van der Waals surface area contributed by atoms with Gasteiger partial charge in [0.15, 0.2) is 0 Å². The van der Waals surface area contributed by atoms with Crippen LogP contribution in [0.5, 0.6) is 0 Å². The highest BCUT2D eigenvalue weighted by Crippen LogP contribution is 2.48. The fourth-order valence-electron chi connectivity index (χ4n) is 3.75. The van der Waals surface area contributed by atoms with E-state index < -0.39 is 13.1 Å². The fourth-order valence-corrected chi connectivity index (χ4v) is 4.43. The van der Waals surface area contributed by atoms with Gasteiger partial charge in [-0.1, -0.05) is 6.42 Å². The molecular formula is C14H20BNO3S. The molecule has 1 aromatic heterocycles. The Morgan fingerprint density at radius 1 is 1.45 bits per heavy atom. The van der Waals surface area contributed by atoms with Crippen LogP contribution in [-0.4, -0.2) is 29.0 Å². The molecule has 0 aromatic carbocycles. The summed E-state index contributed by atoms with van der Waals surface area (Å²) in [6.45, 7) is 0. The smallest absolute Gasteiger partial charge is 0.426 e. The minimum atomic E-state index is -1.52. The summed E-state index contributed by atoms with van der Waals surface area (Å²) in [4.78, 5) is 12.3. The second-order valence-corrected chi connectivity index (χ2v) is 6.93. The first-order chi connectivity index (χ1) is 9.63. The lowest BCUT2D eigenvalue weighted by Crippen LogP contribution is -2.50. The summed E-state index contributed by atoms with van der Waals surface area (Å²) in [5, 5.41) is 25.7. The molecule has 3 N–H and O–H groups in total. The van der Waals surface area contributed by atoms with Gasteiger partial charge in [-0.2, -0.15) is 11.3 Å². The highest BCUT2D eigenvalue weighted by Gasteiger charge is 2.43. The zero-order chi connectivity index (χ0) is 14.1. The van der Waals surface area contributed by atoms with Crippen molar-refractivity contribution < 1.29 is 14.8 Å². The quantitative estimate of drug-likeness (QED) is 0.715. The minimum absolute atomic E-state index is 0.00512. The van der Waals surface area contributed by atoms with Gasteiger partial charge in [-0.3, -0.25) is 4.79 Å². The summed E-state index contributed by atoms with van der Waals surface area (Å²) in [6, 6.07) is 1.95. The number of hydrogen-bond donors (Lipinski definition) is 3. The Balaban J connectivity index is 1.60. The van der Waals surface area contributed by atoms with Crippen molar-refractivity contribution in [1.29, 1.82) is 0 Å². The molecule has 1 amide bonds. The molecule has 0 spiro atoms. The van der Waals surface area contributed by atoms with Crippen molar-refractivity contribution in [3.05, 3.63) is 22.4 Å². The lowest BCUT2D eigenvalue weighted by atomic mass is 9.75. The molecule has 2 saturated carbocycles. The summed E-state index contributed by atoms with van der Waals surface area (Å²) < 4.78 is 0. The topological polar surface area (TPSA) is 69.6 Å². The molecule has 0 saturated heterocycles. The van der Waals surface area contributed by atoms with Gasteiger partial charge in [-0.05, 0) is 59.9 Å². The predicted molar refractivity (Wildman–Crippen MR) is 79.1 cm³/mol. The van der Waals surface area contributed by atoms with Crippen molar-refractivity contribution in [3.63, 3.8) is 0 Å². The fraction of sp³-hybridized carbons (Fsp3) is 0.643. The van der Waals surface area contributed by atoms with Gasteiger partial charge >= 0.3 is 7.12 Å². The second-order valence-electron chi connectivity index (χ2n) is 6.15. The van der Waals surface area contributed by atoms with Crippen molar-refractivity contribution in [2.75, 3.05) is 0 Å². The molecule has 20 heavy (non-hydrogen) atoms. The number of rotatable bonds is 5. The van der Waals surface area contributed by atoms with Crippen LogP contribution < -0.4 is 5.32 Å². The van der Waals surface area contributed by atoms with Crippen LogP contribution in [0.15, 0.2) is 16.8 Å². The van der Waals surface area contributed by atoms with E-state index in [4.69, 9.17) is 0 Å². The van der Waals surface area contributed by atoms with Crippen LogP contribution in [0.3, 0.4) is 0 Å². The maximum absolute atomic E-state index is 12.3. The van der Waals surface area contributed by atoms with Crippen molar-refractivity contribution >= 4 is 24.4 Å². The molecule has 2 bridgehead atoms. The van der Waals surface area contributed by atoms with E-state index in [0.29, 0.717) is 18.3 Å². The number of thiophene rings is 1. The third kappa shape index (κ3) is 2.92. The number of carbonyl (C=O) groups is 1. The molecular weight excluding hydrogens is 273 g/mol. The molecule has 2 aliphatic rings. The van der Waals surface area contributed by atoms with Gasteiger partial charge in [0.1, 0.15) is 0 Å². The first-order valence-electron chi connectivity index (χ1n) is 7.31. The molecule has 0 unspecified atom stereocenters. The van der Waals surface area contributed by atoms with E-state index in [9.17, 15) is 14.8 Å². The second kappa shape index (κ2) is 5.88. The van der Waals surface area contributed by atoms with E-state index in [1.54, 1.807) is 11.3 Å². The lowest BCUT2D eigenvalue weighted by molar-refractivity contribution is -0.126. The Labute approximate surface area is 123 Å². The third-order valence-electron chi connectivity index (χ3n) is 4.80. The van der Waals surface area contributed by atoms with E-state index in [2.05, 4.69) is 5.32 Å². The standard InChI is InChI=1S/C14H20BNO3S/c17-14(12-6-9-1-2-11(12)5-9)16-13(15(18)19)7-10-3-4-20-8-10/h3-4,8-9,11-13,18-19H,1-2,5-7H2,(H,16,17)/t9-,11+,12+,13-/m0/s1. The van der Waals surface area contributed by atoms with Crippen LogP contribution in [-0.2, 0) is 11.2 Å². The Morgan fingerprint density at radius 2 is 2.30 bits per heavy atom. The molecule has 1 aromatic rings. The van der Waals surface area contributed by atoms with Crippen molar-refractivity contribution in [1.82, 2.24) is 5.32 Å². The van der Waals surface area contributed by atoms with Crippen molar-refractivity contribution in [2.45, 2.75) is 38.0 Å². The van der Waals surface area contributed by atoms with E-state index in [1.165, 1.54) is 12.8 Å². The first kappa shape index (κ1) is 14.1. The van der Waals surface area contributed by atoms with Gasteiger partial charge in [-0.15, -0.1) is 0 Å². The number of fused-ring (bicyclic) bond motifs is 2. The molecule has 4 atom stereocenters. The van der Waals surface area contributed by atoms with Gasteiger partial charge in [0.25, 0.3) is 0 Å². The minimum Gasteiger partial charge on any atom is -0.426 e. The molecule has 0 radical (unpaired) electrons. The molecule has 108 valence electrons. The van der Waals surface area contributed by atoms with Crippen LogP contribution in [0.4, 0.5) is 0 Å². The third-order valence-corrected chi connectivity index (χ3v) is 5.53. The van der Waals surface area contributed by atoms with E-state index in [0.717, 1.165) is 18.4 Å². The number of hydrogen-bond acceptors (Lipinski definition) is 4. The molecule has 2 fully saturated rings. The van der Waals surface area contributed by atoms with E-state index in [-0.39, 0.29) is 11.8 Å². The summed E-state index contributed by atoms with van der Waals surface area (Å²) in [7, 11) is -1.52. The molecule has 2 aliphatic carbocycles. The predicted octanol–water partition coefficient (Wildman–Crippen LogP) is 1.22. The molecule has 0 aliphatic heterocycles. The number of nitrogens with one attached hydrogen (secondary N) is 1.